The number of piperazine rings is 1. The summed E-state index contributed by atoms with van der Waals surface area (Å²) in [6, 6.07) is 22.3. The van der Waals surface area contributed by atoms with Crippen molar-refractivity contribution in [2.45, 2.75) is 20.1 Å². The van der Waals surface area contributed by atoms with Crippen molar-refractivity contribution >= 4 is 44.7 Å². The molecular weight excluding hydrogens is 532 g/mol. The molecule has 1 heterocycles. The highest BCUT2D eigenvalue weighted by atomic mass is 79.9. The van der Waals surface area contributed by atoms with Gasteiger partial charge in [0.25, 0.3) is 0 Å². The van der Waals surface area contributed by atoms with Gasteiger partial charge in [-0.15, -0.1) is 0 Å². The number of ether oxygens (including phenoxy) is 2. The Hall–Kier alpha value is -2.12. The van der Waals surface area contributed by atoms with Crippen LogP contribution in [-0.2, 0) is 13.2 Å². The third-order valence-corrected chi connectivity index (χ3v) is 7.10. The van der Waals surface area contributed by atoms with Gasteiger partial charge in [-0.1, -0.05) is 66.3 Å². The summed E-state index contributed by atoms with van der Waals surface area (Å²) in [6.45, 7) is 7.67. The Morgan fingerprint density at radius 1 is 0.941 bits per heavy atom. The Kier molecular flexibility index (Phi) is 8.84. The van der Waals surface area contributed by atoms with E-state index in [1.54, 1.807) is 0 Å². The molecule has 1 aliphatic heterocycles. The second-order valence-electron chi connectivity index (χ2n) is 8.19. The van der Waals surface area contributed by atoms with Crippen molar-refractivity contribution in [3.05, 3.63) is 92.9 Å². The summed E-state index contributed by atoms with van der Waals surface area (Å²) in [5, 5.41) is 0.707. The molecule has 0 atom stereocenters. The van der Waals surface area contributed by atoms with E-state index in [9.17, 15) is 0 Å². The molecule has 0 amide bonds. The largest absolute Gasteiger partial charge is 0.490 e. The van der Waals surface area contributed by atoms with E-state index in [0.29, 0.717) is 29.7 Å². The van der Waals surface area contributed by atoms with E-state index in [0.717, 1.165) is 53.3 Å². The number of hydrogen-bond acceptors (Lipinski definition) is 4. The molecule has 7 heteroatoms. The molecule has 0 spiro atoms. The first kappa shape index (κ1) is 25.0. The average molecular weight is 560 g/mol. The van der Waals surface area contributed by atoms with Crippen molar-refractivity contribution in [1.29, 1.82) is 0 Å². The fourth-order valence-electron chi connectivity index (χ4n) is 3.96. The van der Waals surface area contributed by atoms with E-state index in [1.807, 2.05) is 43.3 Å². The van der Waals surface area contributed by atoms with Gasteiger partial charge in [-0.2, -0.15) is 0 Å². The summed E-state index contributed by atoms with van der Waals surface area (Å²) in [5.74, 6) is 1.36. The maximum atomic E-state index is 6.12. The second-order valence-corrected chi connectivity index (χ2v) is 9.86. The van der Waals surface area contributed by atoms with E-state index in [1.165, 1.54) is 5.56 Å². The lowest BCUT2D eigenvalue weighted by atomic mass is 10.1. The first-order valence-electron chi connectivity index (χ1n) is 11.4. The zero-order chi connectivity index (χ0) is 23.9. The molecule has 4 rings (SSSR count). The first-order chi connectivity index (χ1) is 16.5. The second kappa shape index (κ2) is 12.0. The van der Waals surface area contributed by atoms with Gasteiger partial charge in [-0.3, -0.25) is 4.90 Å². The van der Waals surface area contributed by atoms with Crippen LogP contribution < -0.4 is 9.47 Å². The van der Waals surface area contributed by atoms with Crippen LogP contribution in [-0.4, -0.2) is 47.6 Å². The summed E-state index contributed by atoms with van der Waals surface area (Å²) < 4.78 is 12.9. The molecule has 0 bridgehead atoms. The van der Waals surface area contributed by atoms with Gasteiger partial charge in [-0.05, 0) is 58.2 Å². The highest BCUT2D eigenvalue weighted by Crippen LogP contribution is 2.38. The molecule has 0 aromatic heterocycles. The molecule has 0 aliphatic carbocycles. The molecule has 1 aliphatic rings. The molecule has 4 nitrogen and oxygen atoms in total. The van der Waals surface area contributed by atoms with Gasteiger partial charge in [0.15, 0.2) is 11.5 Å². The van der Waals surface area contributed by atoms with Gasteiger partial charge in [0.1, 0.15) is 11.6 Å². The number of halogens is 2. The lowest BCUT2D eigenvalue weighted by molar-refractivity contribution is 0.177. The maximum absolute atomic E-state index is 6.12. The van der Waals surface area contributed by atoms with E-state index in [-0.39, 0.29) is 0 Å². The third-order valence-electron chi connectivity index (χ3n) is 5.76. The van der Waals surface area contributed by atoms with Crippen molar-refractivity contribution < 1.29 is 9.47 Å². The predicted octanol–water partition coefficient (Wildman–Crippen LogP) is 6.57. The third kappa shape index (κ3) is 6.51. The molecule has 3 aromatic rings. The van der Waals surface area contributed by atoms with Gasteiger partial charge in [0.2, 0.25) is 0 Å². The van der Waals surface area contributed by atoms with Gasteiger partial charge in [0, 0.05) is 43.3 Å². The fraction of sp³-hybridized carbons (Fsp3) is 0.296. The van der Waals surface area contributed by atoms with Crippen LogP contribution in [0.25, 0.3) is 0 Å². The number of benzene rings is 3. The van der Waals surface area contributed by atoms with Crippen LogP contribution in [0.15, 0.2) is 71.2 Å². The minimum atomic E-state index is 0.420. The zero-order valence-corrected chi connectivity index (χ0v) is 22.3. The monoisotopic (exact) mass is 558 g/mol. The standard InChI is InChI=1S/C27H28BrClN2O2S/c1-2-32-25-17-22(16-24(28)26(25)33-19-21-8-10-23(29)11-9-21)27(34)31-14-12-30(13-15-31)18-20-6-4-3-5-7-20/h3-11,16-17H,2,12-15,18-19H2,1H3. The molecule has 34 heavy (non-hydrogen) atoms. The number of hydrogen-bond donors (Lipinski definition) is 0. The Morgan fingerprint density at radius 2 is 1.65 bits per heavy atom. The quantitative estimate of drug-likeness (QED) is 0.291. The van der Waals surface area contributed by atoms with Crippen molar-refractivity contribution in [2.24, 2.45) is 0 Å². The Morgan fingerprint density at radius 3 is 2.32 bits per heavy atom. The highest BCUT2D eigenvalue weighted by molar-refractivity contribution is 9.10. The van der Waals surface area contributed by atoms with Crippen molar-refractivity contribution in [1.82, 2.24) is 9.80 Å². The predicted molar refractivity (Wildman–Crippen MR) is 146 cm³/mol. The molecule has 1 fully saturated rings. The SMILES string of the molecule is CCOc1cc(C(=S)N2CCN(Cc3ccccc3)CC2)cc(Br)c1OCc1ccc(Cl)cc1. The summed E-state index contributed by atoms with van der Waals surface area (Å²) in [4.78, 5) is 5.59. The van der Waals surface area contributed by atoms with Crippen LogP contribution in [0.3, 0.4) is 0 Å². The summed E-state index contributed by atoms with van der Waals surface area (Å²) in [7, 11) is 0. The normalized spacial score (nSPS) is 14.1. The topological polar surface area (TPSA) is 24.9 Å². The Bertz CT molecular complexity index is 1100. The lowest BCUT2D eigenvalue weighted by Crippen LogP contribution is -2.48. The van der Waals surface area contributed by atoms with Crippen LogP contribution in [0.4, 0.5) is 0 Å². The highest BCUT2D eigenvalue weighted by Gasteiger charge is 2.22. The van der Waals surface area contributed by atoms with Crippen molar-refractivity contribution in [3.63, 3.8) is 0 Å². The van der Waals surface area contributed by atoms with Crippen LogP contribution in [0.1, 0.15) is 23.6 Å². The van der Waals surface area contributed by atoms with E-state index in [2.05, 4.69) is 56.1 Å². The van der Waals surface area contributed by atoms with E-state index in [4.69, 9.17) is 33.3 Å². The van der Waals surface area contributed by atoms with E-state index < -0.39 is 0 Å². The number of thiocarbonyl (C=S) groups is 1. The van der Waals surface area contributed by atoms with Crippen LogP contribution in [0.2, 0.25) is 5.02 Å². The van der Waals surface area contributed by atoms with Gasteiger partial charge < -0.3 is 14.4 Å². The minimum absolute atomic E-state index is 0.420. The fourth-order valence-corrected chi connectivity index (χ4v) is 4.95. The van der Waals surface area contributed by atoms with E-state index >= 15 is 0 Å². The molecule has 0 saturated carbocycles. The minimum Gasteiger partial charge on any atom is -0.490 e. The molecule has 1 saturated heterocycles. The average Bonchev–Trinajstić information content (AvgIpc) is 2.85. The molecular formula is C27H28BrClN2O2S. The summed E-state index contributed by atoms with van der Waals surface area (Å²) in [6.07, 6.45) is 0. The van der Waals surface area contributed by atoms with Gasteiger partial charge >= 0.3 is 0 Å². The first-order valence-corrected chi connectivity index (χ1v) is 13.0. The van der Waals surface area contributed by atoms with Crippen LogP contribution >= 0.6 is 39.7 Å². The van der Waals surface area contributed by atoms with Gasteiger partial charge in [-0.25, -0.2) is 0 Å². The molecule has 0 N–H and O–H groups in total. The Balaban J connectivity index is 1.42. The molecule has 0 unspecified atom stereocenters. The zero-order valence-electron chi connectivity index (χ0n) is 19.2. The Labute approximate surface area is 220 Å². The lowest BCUT2D eigenvalue weighted by Gasteiger charge is -2.36. The van der Waals surface area contributed by atoms with Crippen molar-refractivity contribution in [2.75, 3.05) is 32.8 Å². The van der Waals surface area contributed by atoms with Crippen LogP contribution in [0.5, 0.6) is 11.5 Å². The number of rotatable bonds is 8. The smallest absolute Gasteiger partial charge is 0.175 e. The summed E-state index contributed by atoms with van der Waals surface area (Å²) >= 11 is 15.6. The summed E-state index contributed by atoms with van der Waals surface area (Å²) in [5.41, 5.74) is 3.34. The maximum Gasteiger partial charge on any atom is 0.175 e. The number of nitrogens with zero attached hydrogens (tertiary/aromatic N) is 2. The van der Waals surface area contributed by atoms with Crippen molar-refractivity contribution in [3.8, 4) is 11.5 Å². The molecule has 178 valence electrons. The van der Waals surface area contributed by atoms with Gasteiger partial charge in [0.05, 0.1) is 11.1 Å². The van der Waals surface area contributed by atoms with Crippen LogP contribution in [0, 0.1) is 0 Å². The molecule has 0 radical (unpaired) electrons. The molecule has 3 aromatic carbocycles.